The summed E-state index contributed by atoms with van der Waals surface area (Å²) in [6.07, 6.45) is 0. The number of hydrogen-bond donors (Lipinski definition) is 0. The molecule has 4 heteroatoms. The standard InChI is InChI=1S/C64H49BN2O/c1-63(2,3)38-33-35-57-50(36-38)60-62(68-57)67(54-29-16-27-49-45-21-10-8-19-41(45)43-23-12-14-25-47(43)59(49)54)56-31-17-30-55-61(56)65(60)51-37-39(64(4,5)6)32-34-52(51)66(55)53-28-15-26-48-44-20-9-7-18-40(44)42-22-11-13-24-46(42)58(48)53/h7-37H,1-6H3. The van der Waals surface area contributed by atoms with Gasteiger partial charge >= 0.3 is 0 Å². The molecule has 3 heterocycles. The van der Waals surface area contributed by atoms with Gasteiger partial charge in [0.1, 0.15) is 5.58 Å². The Kier molecular flexibility index (Phi) is 8.03. The molecule has 0 aliphatic carbocycles. The molecular formula is C64H49BN2O. The van der Waals surface area contributed by atoms with Gasteiger partial charge in [-0.3, -0.25) is 4.90 Å². The number of nitrogens with zero attached hydrogens (tertiary/aromatic N) is 2. The first-order chi connectivity index (χ1) is 33.0. The lowest BCUT2D eigenvalue weighted by molar-refractivity contribution is 0.589. The lowest BCUT2D eigenvalue weighted by Crippen LogP contribution is -2.61. The minimum atomic E-state index is -0.113. The summed E-state index contributed by atoms with van der Waals surface area (Å²) in [5.41, 5.74) is 12.9. The van der Waals surface area contributed by atoms with Crippen LogP contribution in [0.5, 0.6) is 0 Å². The highest BCUT2D eigenvalue weighted by atomic mass is 16.4. The minimum absolute atomic E-state index is 0.0621. The fraction of sp³-hybridized carbons (Fsp3) is 0.125. The van der Waals surface area contributed by atoms with Crippen molar-refractivity contribution < 1.29 is 4.42 Å². The van der Waals surface area contributed by atoms with Gasteiger partial charge in [0.25, 0.3) is 6.71 Å². The topological polar surface area (TPSA) is 19.6 Å². The molecule has 68 heavy (non-hydrogen) atoms. The Morgan fingerprint density at radius 2 is 0.735 bits per heavy atom. The van der Waals surface area contributed by atoms with E-state index in [0.717, 1.165) is 22.8 Å². The smallest absolute Gasteiger partial charge is 0.257 e. The van der Waals surface area contributed by atoms with Crippen LogP contribution in [0.1, 0.15) is 52.7 Å². The van der Waals surface area contributed by atoms with Crippen LogP contribution in [0.4, 0.5) is 34.3 Å². The van der Waals surface area contributed by atoms with Crippen molar-refractivity contribution in [2.45, 2.75) is 52.4 Å². The van der Waals surface area contributed by atoms with Gasteiger partial charge in [0, 0.05) is 38.7 Å². The van der Waals surface area contributed by atoms with E-state index >= 15 is 0 Å². The van der Waals surface area contributed by atoms with Crippen LogP contribution in [-0.2, 0) is 10.8 Å². The Morgan fingerprint density at radius 1 is 0.338 bits per heavy atom. The Labute approximate surface area is 396 Å². The third kappa shape index (κ3) is 5.37. The molecule has 2 aliphatic rings. The highest BCUT2D eigenvalue weighted by Gasteiger charge is 2.47. The molecule has 3 nitrogen and oxygen atoms in total. The van der Waals surface area contributed by atoms with Gasteiger partial charge in [-0.2, -0.15) is 0 Å². The van der Waals surface area contributed by atoms with Crippen LogP contribution in [0.3, 0.4) is 0 Å². The maximum Gasteiger partial charge on any atom is 0.257 e. The number of furan rings is 1. The average Bonchev–Trinajstić information content (AvgIpc) is 3.74. The van der Waals surface area contributed by atoms with E-state index in [2.05, 4.69) is 239 Å². The number of hydrogen-bond acceptors (Lipinski definition) is 3. The zero-order chi connectivity index (χ0) is 45.8. The summed E-state index contributed by atoms with van der Waals surface area (Å²) in [7, 11) is 0. The Morgan fingerprint density at radius 3 is 1.25 bits per heavy atom. The van der Waals surface area contributed by atoms with Gasteiger partial charge < -0.3 is 9.32 Å². The van der Waals surface area contributed by atoms with Crippen LogP contribution in [-0.4, -0.2) is 6.71 Å². The molecular weight excluding hydrogens is 824 g/mol. The van der Waals surface area contributed by atoms with E-state index in [0.29, 0.717) is 0 Å². The first-order valence-corrected chi connectivity index (χ1v) is 24.1. The molecule has 0 saturated heterocycles. The molecule has 0 bridgehead atoms. The molecule has 2 aliphatic heterocycles. The van der Waals surface area contributed by atoms with Crippen LogP contribution in [0, 0.1) is 0 Å². The van der Waals surface area contributed by atoms with Crippen molar-refractivity contribution in [1.82, 2.24) is 0 Å². The molecule has 12 aromatic rings. The fourth-order valence-corrected chi connectivity index (χ4v) is 12.1. The summed E-state index contributed by atoms with van der Waals surface area (Å²) >= 11 is 0. The second-order valence-corrected chi connectivity index (χ2v) is 21.2. The molecule has 324 valence electrons. The van der Waals surface area contributed by atoms with Gasteiger partial charge in [-0.05, 0) is 129 Å². The molecule has 0 spiro atoms. The number of rotatable bonds is 2. The van der Waals surface area contributed by atoms with E-state index in [4.69, 9.17) is 4.42 Å². The Balaban J connectivity index is 1.15. The number of benzene rings is 11. The van der Waals surface area contributed by atoms with Gasteiger partial charge in [0.05, 0.1) is 11.4 Å². The molecule has 0 radical (unpaired) electrons. The Bertz CT molecular complexity index is 4060. The highest BCUT2D eigenvalue weighted by Crippen LogP contribution is 2.51. The lowest BCUT2D eigenvalue weighted by Gasteiger charge is -2.43. The Hall–Kier alpha value is -7.82. The normalized spacial score (nSPS) is 13.6. The van der Waals surface area contributed by atoms with Crippen LogP contribution in [0.2, 0.25) is 0 Å². The molecule has 14 rings (SSSR count). The van der Waals surface area contributed by atoms with Crippen molar-refractivity contribution in [3.05, 3.63) is 199 Å². The summed E-state index contributed by atoms with van der Waals surface area (Å²) in [5.74, 6) is 0.883. The van der Waals surface area contributed by atoms with Gasteiger partial charge in [-0.15, -0.1) is 0 Å². The number of fused-ring (bicyclic) bond motifs is 18. The SMILES string of the molecule is CC(C)(C)c1ccc2c(c1)B1c3c(cccc3N(c3cccc4c5ccccc5c5ccccc5c34)c3oc4ccc(C(C)(C)C)cc4c31)N2c1cccc2c3ccccc3c3ccccc3c12. The van der Waals surface area contributed by atoms with Crippen molar-refractivity contribution in [3.8, 4) is 0 Å². The first kappa shape index (κ1) is 39.4. The molecule has 0 amide bonds. The van der Waals surface area contributed by atoms with Crippen molar-refractivity contribution >= 4 is 133 Å². The van der Waals surface area contributed by atoms with E-state index in [1.54, 1.807) is 0 Å². The summed E-state index contributed by atoms with van der Waals surface area (Å²) < 4.78 is 7.41. The second-order valence-electron chi connectivity index (χ2n) is 21.2. The quantitative estimate of drug-likeness (QED) is 0.127. The van der Waals surface area contributed by atoms with E-state index < -0.39 is 0 Å². The van der Waals surface area contributed by atoms with E-state index in [-0.39, 0.29) is 17.5 Å². The molecule has 1 aromatic heterocycles. The van der Waals surface area contributed by atoms with Crippen molar-refractivity contribution in [3.63, 3.8) is 0 Å². The van der Waals surface area contributed by atoms with Gasteiger partial charge in [0.15, 0.2) is 0 Å². The third-order valence-electron chi connectivity index (χ3n) is 15.3. The molecule has 0 unspecified atom stereocenters. The number of anilines is 6. The monoisotopic (exact) mass is 872 g/mol. The largest absolute Gasteiger partial charge is 0.440 e. The predicted octanol–water partition coefficient (Wildman–Crippen LogP) is 16.0. The van der Waals surface area contributed by atoms with Crippen LogP contribution >= 0.6 is 0 Å². The highest BCUT2D eigenvalue weighted by molar-refractivity contribution is 7.01. The van der Waals surface area contributed by atoms with Gasteiger partial charge in [-0.25, -0.2) is 0 Å². The van der Waals surface area contributed by atoms with Crippen LogP contribution in [0.25, 0.3) is 75.6 Å². The van der Waals surface area contributed by atoms with E-state index in [1.807, 2.05) is 0 Å². The van der Waals surface area contributed by atoms with E-state index in [9.17, 15) is 0 Å². The van der Waals surface area contributed by atoms with Crippen molar-refractivity contribution in [2.75, 3.05) is 9.80 Å². The summed E-state index contributed by atoms with van der Waals surface area (Å²) in [6, 6.07) is 70.7. The molecule has 0 atom stereocenters. The van der Waals surface area contributed by atoms with Gasteiger partial charge in [0.2, 0.25) is 5.88 Å². The zero-order valence-corrected chi connectivity index (χ0v) is 39.3. The zero-order valence-electron chi connectivity index (χ0n) is 39.3. The molecule has 0 fully saturated rings. The first-order valence-electron chi connectivity index (χ1n) is 24.1. The molecule has 0 N–H and O–H groups in total. The van der Waals surface area contributed by atoms with Crippen LogP contribution in [0.15, 0.2) is 192 Å². The minimum Gasteiger partial charge on any atom is -0.440 e. The maximum absolute atomic E-state index is 7.41. The van der Waals surface area contributed by atoms with Crippen molar-refractivity contribution in [1.29, 1.82) is 0 Å². The molecule has 11 aromatic carbocycles. The lowest BCUT2D eigenvalue weighted by atomic mass is 9.33. The van der Waals surface area contributed by atoms with E-state index in [1.165, 1.54) is 115 Å². The summed E-state index contributed by atoms with van der Waals surface area (Å²) in [4.78, 5) is 5.08. The maximum atomic E-state index is 7.41. The molecule has 0 saturated carbocycles. The third-order valence-corrected chi connectivity index (χ3v) is 15.3. The fourth-order valence-electron chi connectivity index (χ4n) is 12.1. The van der Waals surface area contributed by atoms with Gasteiger partial charge in [-0.1, -0.05) is 187 Å². The summed E-state index contributed by atoms with van der Waals surface area (Å²) in [6.45, 7) is 13.8. The second kappa shape index (κ2) is 13.9. The summed E-state index contributed by atoms with van der Waals surface area (Å²) in [5, 5.41) is 16.2. The van der Waals surface area contributed by atoms with Crippen LogP contribution < -0.4 is 26.2 Å². The average molecular weight is 873 g/mol. The van der Waals surface area contributed by atoms with Crippen molar-refractivity contribution in [2.24, 2.45) is 0 Å². The predicted molar refractivity (Wildman–Crippen MR) is 293 cm³/mol.